The average Bonchev–Trinajstić information content (AvgIpc) is 3.76. The Kier molecular flexibility index (Phi) is 10.7. The van der Waals surface area contributed by atoms with Crippen LogP contribution in [-0.4, -0.2) is 27.6 Å². The van der Waals surface area contributed by atoms with Crippen LogP contribution in [0.4, 0.5) is 0 Å². The van der Waals surface area contributed by atoms with Gasteiger partial charge in [-0.2, -0.15) is 0 Å². The van der Waals surface area contributed by atoms with E-state index in [1.165, 1.54) is 48.2 Å². The molecule has 0 atom stereocenters. The second kappa shape index (κ2) is 17.8. The van der Waals surface area contributed by atoms with Crippen molar-refractivity contribution >= 4 is 50.6 Å². The minimum Gasteiger partial charge on any atom is -0.309 e. The number of hydrogen-bond acceptors (Lipinski definition) is 3. The van der Waals surface area contributed by atoms with Gasteiger partial charge in [0.15, 0.2) is 25.5 Å². The summed E-state index contributed by atoms with van der Waals surface area (Å²) in [4.78, 5) is 15.9. The lowest BCUT2D eigenvalue weighted by molar-refractivity contribution is 1.07. The summed E-state index contributed by atoms with van der Waals surface area (Å²) in [7, 11) is -2.86. The molecule has 0 spiro atoms. The molecule has 0 fully saturated rings. The maximum atomic E-state index is 5.38. The molecule has 0 unspecified atom stereocenters. The molecule has 0 saturated heterocycles. The number of benzene rings is 10. The molecule has 69 heavy (non-hydrogen) atoms. The average molecular weight is 899 g/mol. The van der Waals surface area contributed by atoms with Gasteiger partial charge in [0.1, 0.15) is 0 Å². The van der Waals surface area contributed by atoms with Crippen molar-refractivity contribution in [3.8, 4) is 62.1 Å². The van der Waals surface area contributed by atoms with Crippen LogP contribution >= 0.6 is 0 Å². The molecule has 0 bridgehead atoms. The molecule has 0 radical (unpaired) electrons. The fraction of sp³-hybridized carbons (Fsp3) is 0.0156. The summed E-state index contributed by atoms with van der Waals surface area (Å²) >= 11 is 0. The molecule has 4 nitrogen and oxygen atoms in total. The van der Waals surface area contributed by atoms with Crippen LogP contribution in [0.15, 0.2) is 261 Å². The molecule has 10 aromatic carbocycles. The lowest BCUT2D eigenvalue weighted by Crippen LogP contribution is -2.74. The third-order valence-corrected chi connectivity index (χ3v) is 18.3. The predicted octanol–water partition coefficient (Wildman–Crippen LogP) is 13.0. The molecular formula is C64H46N4Si. The van der Waals surface area contributed by atoms with Gasteiger partial charge in [-0.25, -0.2) is 15.0 Å². The van der Waals surface area contributed by atoms with Crippen LogP contribution in [0, 0.1) is 6.92 Å². The number of fused-ring (bicyclic) bond motifs is 3. The highest BCUT2D eigenvalue weighted by molar-refractivity contribution is 7.19. The van der Waals surface area contributed by atoms with E-state index < -0.39 is 8.07 Å². The quantitative estimate of drug-likeness (QED) is 0.101. The summed E-state index contributed by atoms with van der Waals surface area (Å²) in [5.74, 6) is 1.84. The SMILES string of the molecule is Cc1ccc(-c2ccc3c4ccccc4n(-c4ccc(-c5cccc([Si](c6ccccc6)(c6ccccc6)c6ccccc6)c5)c(-c5nc(-c6ccccc6)nc(-c6ccccc6)n5)c4)c3c2)cc1. The van der Waals surface area contributed by atoms with Crippen LogP contribution in [0.25, 0.3) is 83.9 Å². The zero-order valence-electron chi connectivity index (χ0n) is 38.1. The number of aromatic nitrogens is 4. The van der Waals surface area contributed by atoms with Gasteiger partial charge in [0, 0.05) is 33.2 Å². The van der Waals surface area contributed by atoms with Crippen LogP contribution in [0.5, 0.6) is 0 Å². The topological polar surface area (TPSA) is 43.6 Å². The van der Waals surface area contributed by atoms with Crippen molar-refractivity contribution in [2.24, 2.45) is 0 Å². The second-order valence-electron chi connectivity index (χ2n) is 17.6. The third kappa shape index (κ3) is 7.56. The Morgan fingerprint density at radius 2 is 0.783 bits per heavy atom. The predicted molar refractivity (Wildman–Crippen MR) is 290 cm³/mol. The van der Waals surface area contributed by atoms with Crippen molar-refractivity contribution in [2.75, 3.05) is 0 Å². The van der Waals surface area contributed by atoms with E-state index >= 15 is 0 Å². The minimum atomic E-state index is -2.86. The number of hydrogen-bond donors (Lipinski definition) is 0. The van der Waals surface area contributed by atoms with Gasteiger partial charge in [-0.15, -0.1) is 0 Å². The van der Waals surface area contributed by atoms with E-state index in [4.69, 9.17) is 15.0 Å². The van der Waals surface area contributed by atoms with E-state index in [2.05, 4.69) is 236 Å². The highest BCUT2D eigenvalue weighted by atomic mass is 28.3. The Bertz CT molecular complexity index is 3610. The van der Waals surface area contributed by atoms with E-state index in [-0.39, 0.29) is 0 Å². The van der Waals surface area contributed by atoms with Crippen molar-refractivity contribution < 1.29 is 0 Å². The van der Waals surface area contributed by atoms with Crippen molar-refractivity contribution in [1.29, 1.82) is 0 Å². The highest BCUT2D eigenvalue weighted by Gasteiger charge is 2.41. The molecule has 12 aromatic rings. The largest absolute Gasteiger partial charge is 0.309 e. The first-order valence-corrected chi connectivity index (χ1v) is 25.5. The van der Waals surface area contributed by atoms with Crippen LogP contribution in [-0.2, 0) is 0 Å². The van der Waals surface area contributed by atoms with Crippen molar-refractivity contribution in [3.05, 3.63) is 266 Å². The van der Waals surface area contributed by atoms with Crippen molar-refractivity contribution in [3.63, 3.8) is 0 Å². The van der Waals surface area contributed by atoms with Crippen LogP contribution < -0.4 is 20.7 Å². The molecule has 0 aliphatic rings. The Balaban J connectivity index is 1.14. The van der Waals surface area contributed by atoms with Crippen LogP contribution in [0.2, 0.25) is 0 Å². The van der Waals surface area contributed by atoms with E-state index in [0.717, 1.165) is 44.5 Å². The molecule has 0 aliphatic carbocycles. The second-order valence-corrected chi connectivity index (χ2v) is 21.5. The summed E-state index contributed by atoms with van der Waals surface area (Å²) in [6.45, 7) is 2.13. The van der Waals surface area contributed by atoms with Gasteiger partial charge in [0.05, 0.1) is 11.0 Å². The molecule has 12 rings (SSSR count). The zero-order valence-corrected chi connectivity index (χ0v) is 39.1. The van der Waals surface area contributed by atoms with Gasteiger partial charge < -0.3 is 4.57 Å². The lowest BCUT2D eigenvalue weighted by atomic mass is 9.98. The maximum absolute atomic E-state index is 5.38. The van der Waals surface area contributed by atoms with Gasteiger partial charge in [-0.1, -0.05) is 242 Å². The Morgan fingerprint density at radius 1 is 0.304 bits per heavy atom. The highest BCUT2D eigenvalue weighted by Crippen LogP contribution is 2.39. The first kappa shape index (κ1) is 41.6. The van der Waals surface area contributed by atoms with Gasteiger partial charge in [0.2, 0.25) is 0 Å². The van der Waals surface area contributed by atoms with Crippen molar-refractivity contribution in [2.45, 2.75) is 6.92 Å². The van der Waals surface area contributed by atoms with Crippen LogP contribution in [0.3, 0.4) is 0 Å². The van der Waals surface area contributed by atoms with Gasteiger partial charge in [0.25, 0.3) is 0 Å². The molecule has 2 heterocycles. The smallest absolute Gasteiger partial charge is 0.179 e. The molecule has 2 aromatic heterocycles. The van der Waals surface area contributed by atoms with E-state index in [0.29, 0.717) is 17.5 Å². The normalized spacial score (nSPS) is 11.6. The van der Waals surface area contributed by atoms with E-state index in [1.54, 1.807) is 0 Å². The minimum absolute atomic E-state index is 0.601. The summed E-state index contributed by atoms with van der Waals surface area (Å²) in [5, 5.41) is 7.65. The van der Waals surface area contributed by atoms with E-state index in [1.807, 2.05) is 36.4 Å². The zero-order chi connectivity index (χ0) is 46.2. The Hall–Kier alpha value is -8.77. The fourth-order valence-corrected chi connectivity index (χ4v) is 15.0. The molecule has 5 heteroatoms. The maximum Gasteiger partial charge on any atom is 0.179 e. The van der Waals surface area contributed by atoms with Gasteiger partial charge in [-0.3, -0.25) is 0 Å². The number of para-hydroxylation sites is 1. The van der Waals surface area contributed by atoms with Gasteiger partial charge in [-0.05, 0) is 74.2 Å². The summed E-state index contributed by atoms with van der Waals surface area (Å²) in [6, 6.07) is 94.2. The first-order chi connectivity index (χ1) is 34.1. The Labute approximate surface area is 403 Å². The van der Waals surface area contributed by atoms with Crippen molar-refractivity contribution in [1.82, 2.24) is 19.5 Å². The summed E-state index contributed by atoms with van der Waals surface area (Å²) in [5.41, 5.74) is 11.7. The molecule has 326 valence electrons. The summed E-state index contributed by atoms with van der Waals surface area (Å²) < 4.78 is 2.40. The Morgan fingerprint density at radius 3 is 1.38 bits per heavy atom. The van der Waals surface area contributed by atoms with Crippen LogP contribution in [0.1, 0.15) is 5.56 Å². The summed E-state index contributed by atoms with van der Waals surface area (Å²) in [6.07, 6.45) is 0. The molecule has 0 N–H and O–H groups in total. The van der Waals surface area contributed by atoms with Gasteiger partial charge >= 0.3 is 0 Å². The molecule has 0 aliphatic heterocycles. The molecule has 0 amide bonds. The fourth-order valence-electron chi connectivity index (χ4n) is 10.2. The monoisotopic (exact) mass is 898 g/mol. The third-order valence-electron chi connectivity index (χ3n) is 13.5. The first-order valence-electron chi connectivity index (χ1n) is 23.5. The number of nitrogens with zero attached hydrogens (tertiary/aromatic N) is 4. The number of rotatable bonds is 10. The molecular weight excluding hydrogens is 853 g/mol. The number of aryl methyl sites for hydroxylation is 1. The molecule has 0 saturated carbocycles. The standard InChI is InChI=1S/C64H46N4Si/c1-45-34-36-46(37-35-45)49-38-40-58-57-32-17-18-33-60(57)68(61(58)43-49)51-39-41-56(59(44-51)64-66-62(47-20-7-2-8-21-47)65-63(67-64)48-22-9-3-10-23-48)50-24-19-31-55(42-50)69(52-25-11-4-12-26-52,53-27-13-5-14-28-53)54-29-15-6-16-30-54/h2-44H,1H3. The lowest BCUT2D eigenvalue weighted by Gasteiger charge is -2.34. The van der Waals surface area contributed by atoms with E-state index in [9.17, 15) is 0 Å².